The van der Waals surface area contributed by atoms with Gasteiger partial charge in [-0.15, -0.1) is 0 Å². The van der Waals surface area contributed by atoms with E-state index in [1.54, 1.807) is 13.8 Å². The first-order valence-electron chi connectivity index (χ1n) is 6.73. The van der Waals surface area contributed by atoms with Gasteiger partial charge in [-0.05, 0) is 24.6 Å². The fraction of sp³-hybridized carbons (Fsp3) is 0.333. The molecule has 0 saturated carbocycles. The number of halogens is 4. The zero-order chi connectivity index (χ0) is 17.2. The molecule has 1 heterocycles. The minimum atomic E-state index is -4.44. The van der Waals surface area contributed by atoms with Crippen LogP contribution in [0.3, 0.4) is 0 Å². The van der Waals surface area contributed by atoms with Crippen LogP contribution in [-0.2, 0) is 0 Å². The summed E-state index contributed by atoms with van der Waals surface area (Å²) in [5, 5.41) is 2.74. The minimum Gasteiger partial charge on any atom is -0.436 e. The summed E-state index contributed by atoms with van der Waals surface area (Å²) in [5.74, 6) is -0.567. The topological polar surface area (TPSA) is 55.1 Å². The van der Waals surface area contributed by atoms with Crippen LogP contribution in [-0.4, -0.2) is 17.1 Å². The number of hydrogen-bond donors (Lipinski definition) is 1. The van der Waals surface area contributed by atoms with Crippen LogP contribution < -0.4 is 5.32 Å². The Balaban J connectivity index is 2.25. The van der Waals surface area contributed by atoms with Gasteiger partial charge in [-0.1, -0.05) is 23.7 Å². The summed E-state index contributed by atoms with van der Waals surface area (Å²) in [6.07, 6.45) is -5.64. The van der Waals surface area contributed by atoms with Gasteiger partial charge < -0.3 is 9.73 Å². The van der Waals surface area contributed by atoms with Gasteiger partial charge in [0.1, 0.15) is 0 Å². The molecule has 4 nitrogen and oxygen atoms in total. The van der Waals surface area contributed by atoms with Crippen molar-refractivity contribution in [1.29, 1.82) is 0 Å². The average Bonchev–Trinajstić information content (AvgIpc) is 2.76. The maximum absolute atomic E-state index is 12.8. The Kier molecular flexibility index (Phi) is 4.99. The second-order valence-electron chi connectivity index (χ2n) is 5.04. The normalized spacial score (nSPS) is 13.0. The van der Waals surface area contributed by atoms with Gasteiger partial charge in [0.2, 0.25) is 5.76 Å². The lowest BCUT2D eigenvalue weighted by Crippen LogP contribution is -2.32. The van der Waals surface area contributed by atoms with E-state index in [4.69, 9.17) is 16.0 Å². The zero-order valence-corrected chi connectivity index (χ0v) is 13.1. The van der Waals surface area contributed by atoms with E-state index in [-0.39, 0.29) is 11.7 Å². The number of carbonyl (C=O) groups excluding carboxylic acids is 1. The zero-order valence-electron chi connectivity index (χ0n) is 12.4. The molecule has 1 amide bonds. The second kappa shape index (κ2) is 6.62. The summed E-state index contributed by atoms with van der Waals surface area (Å²) >= 11 is 5.74. The summed E-state index contributed by atoms with van der Waals surface area (Å²) in [6, 6.07) is 4.58. The van der Waals surface area contributed by atoms with E-state index in [2.05, 4.69) is 10.3 Å². The van der Waals surface area contributed by atoms with Crippen molar-refractivity contribution in [3.05, 3.63) is 52.2 Å². The molecule has 0 fully saturated rings. The van der Waals surface area contributed by atoms with E-state index in [9.17, 15) is 18.0 Å². The first kappa shape index (κ1) is 17.3. The van der Waals surface area contributed by atoms with Crippen LogP contribution in [0, 0.1) is 13.8 Å². The lowest BCUT2D eigenvalue weighted by atomic mass is 10.0. The first-order chi connectivity index (χ1) is 10.7. The summed E-state index contributed by atoms with van der Waals surface area (Å²) < 4.78 is 43.5. The monoisotopic (exact) mass is 346 g/mol. The predicted molar refractivity (Wildman–Crippen MR) is 78.3 cm³/mol. The van der Waals surface area contributed by atoms with Gasteiger partial charge in [0.25, 0.3) is 5.91 Å². The van der Waals surface area contributed by atoms with Crippen LogP contribution >= 0.6 is 11.6 Å². The fourth-order valence-corrected chi connectivity index (χ4v) is 2.27. The molecular weight excluding hydrogens is 333 g/mol. The van der Waals surface area contributed by atoms with Gasteiger partial charge in [0.15, 0.2) is 5.89 Å². The quantitative estimate of drug-likeness (QED) is 0.894. The van der Waals surface area contributed by atoms with Crippen molar-refractivity contribution >= 4 is 17.5 Å². The van der Waals surface area contributed by atoms with E-state index >= 15 is 0 Å². The SMILES string of the molecule is Cc1nc(C)c(C(=O)N[C@@H](CC(F)(F)F)c2ccc(Cl)cc2)o1. The number of amides is 1. The Bertz CT molecular complexity index is 696. The second-order valence-corrected chi connectivity index (χ2v) is 5.48. The smallest absolute Gasteiger partial charge is 0.391 e. The molecule has 2 aromatic rings. The van der Waals surface area contributed by atoms with Crippen LogP contribution in [0.1, 0.15) is 40.2 Å². The summed E-state index contributed by atoms with van der Waals surface area (Å²) in [6.45, 7) is 3.10. The molecule has 0 saturated heterocycles. The molecule has 0 aliphatic carbocycles. The Morgan fingerprint density at radius 1 is 1.30 bits per heavy atom. The van der Waals surface area contributed by atoms with E-state index in [1.807, 2.05) is 0 Å². The van der Waals surface area contributed by atoms with Crippen molar-refractivity contribution in [2.75, 3.05) is 0 Å². The Morgan fingerprint density at radius 2 is 1.91 bits per heavy atom. The summed E-state index contributed by atoms with van der Waals surface area (Å²) in [4.78, 5) is 16.1. The molecule has 0 bridgehead atoms. The van der Waals surface area contributed by atoms with E-state index in [0.717, 1.165) is 0 Å². The Labute approximate surface area is 135 Å². The number of rotatable bonds is 4. The van der Waals surface area contributed by atoms with Gasteiger partial charge in [-0.25, -0.2) is 4.98 Å². The van der Waals surface area contributed by atoms with Gasteiger partial charge in [-0.3, -0.25) is 4.79 Å². The number of aryl methyl sites for hydroxylation is 2. The average molecular weight is 347 g/mol. The Morgan fingerprint density at radius 3 is 2.39 bits per heavy atom. The molecule has 1 N–H and O–H groups in total. The molecule has 0 unspecified atom stereocenters. The maximum Gasteiger partial charge on any atom is 0.391 e. The van der Waals surface area contributed by atoms with Crippen LogP contribution in [0.15, 0.2) is 28.7 Å². The lowest BCUT2D eigenvalue weighted by molar-refractivity contribution is -0.139. The molecule has 1 aromatic carbocycles. The molecule has 23 heavy (non-hydrogen) atoms. The van der Waals surface area contributed by atoms with Crippen LogP contribution in [0.25, 0.3) is 0 Å². The largest absolute Gasteiger partial charge is 0.436 e. The third-order valence-corrected chi connectivity index (χ3v) is 3.38. The number of hydrogen-bond acceptors (Lipinski definition) is 3. The molecular formula is C15H14ClF3N2O2. The number of nitrogens with zero attached hydrogens (tertiary/aromatic N) is 1. The first-order valence-corrected chi connectivity index (χ1v) is 7.10. The summed E-state index contributed by atoms with van der Waals surface area (Å²) in [5.41, 5.74) is 0.621. The molecule has 0 aliphatic heterocycles. The van der Waals surface area contributed by atoms with Gasteiger partial charge >= 0.3 is 6.18 Å². The van der Waals surface area contributed by atoms with E-state index in [0.29, 0.717) is 16.3 Å². The van der Waals surface area contributed by atoms with Crippen LogP contribution in [0.5, 0.6) is 0 Å². The number of aromatic nitrogens is 1. The minimum absolute atomic E-state index is 0.0939. The molecule has 8 heteroatoms. The van der Waals surface area contributed by atoms with Crippen molar-refractivity contribution < 1.29 is 22.4 Å². The standard InChI is InChI=1S/C15H14ClF3N2O2/c1-8-13(23-9(2)20-8)14(22)21-12(7-15(17,18)19)10-3-5-11(16)6-4-10/h3-6,12H,7H2,1-2H3,(H,21,22)/t12-/m0/s1. The van der Waals surface area contributed by atoms with Crippen molar-refractivity contribution in [3.8, 4) is 0 Å². The third kappa shape index (κ3) is 4.72. The molecule has 124 valence electrons. The van der Waals surface area contributed by atoms with Crippen LogP contribution in [0.4, 0.5) is 13.2 Å². The van der Waals surface area contributed by atoms with Crippen molar-refractivity contribution in [1.82, 2.24) is 10.3 Å². The molecule has 2 rings (SSSR count). The predicted octanol–water partition coefficient (Wildman–Crippen LogP) is 4.37. The molecule has 1 aromatic heterocycles. The number of alkyl halides is 3. The third-order valence-electron chi connectivity index (χ3n) is 3.12. The molecule has 0 radical (unpaired) electrons. The molecule has 1 atom stereocenters. The molecule has 0 spiro atoms. The van der Waals surface area contributed by atoms with Gasteiger partial charge in [0, 0.05) is 11.9 Å². The maximum atomic E-state index is 12.8. The highest BCUT2D eigenvalue weighted by Crippen LogP contribution is 2.30. The number of carbonyl (C=O) groups is 1. The highest BCUT2D eigenvalue weighted by molar-refractivity contribution is 6.30. The highest BCUT2D eigenvalue weighted by atomic mass is 35.5. The number of oxazole rings is 1. The van der Waals surface area contributed by atoms with E-state index in [1.165, 1.54) is 24.3 Å². The van der Waals surface area contributed by atoms with Gasteiger partial charge in [-0.2, -0.15) is 13.2 Å². The van der Waals surface area contributed by atoms with Crippen molar-refractivity contribution in [3.63, 3.8) is 0 Å². The van der Waals surface area contributed by atoms with Crippen molar-refractivity contribution in [2.24, 2.45) is 0 Å². The van der Waals surface area contributed by atoms with E-state index < -0.39 is 24.5 Å². The van der Waals surface area contributed by atoms with Gasteiger partial charge in [0.05, 0.1) is 18.2 Å². The summed E-state index contributed by atoms with van der Waals surface area (Å²) in [7, 11) is 0. The number of benzene rings is 1. The lowest BCUT2D eigenvalue weighted by Gasteiger charge is -2.20. The molecule has 0 aliphatic rings. The highest BCUT2D eigenvalue weighted by Gasteiger charge is 2.34. The van der Waals surface area contributed by atoms with Crippen molar-refractivity contribution in [2.45, 2.75) is 32.5 Å². The number of nitrogens with one attached hydrogen (secondary N) is 1. The van der Waals surface area contributed by atoms with Crippen LogP contribution in [0.2, 0.25) is 5.02 Å². The Hall–Kier alpha value is -2.02. The fourth-order valence-electron chi connectivity index (χ4n) is 2.14.